The molecule has 4 aromatic carbocycles. The number of halogens is 1. The number of hydrogen-bond donors (Lipinski definition) is 3. The number of fused-ring (bicyclic) bond motifs is 1. The van der Waals surface area contributed by atoms with E-state index in [1.165, 1.54) is 0 Å². The van der Waals surface area contributed by atoms with Gasteiger partial charge in [-0.05, 0) is 51.9 Å². The van der Waals surface area contributed by atoms with Crippen LogP contribution in [0, 0.1) is 0 Å². The molecule has 5 aromatic rings. The Hall–Kier alpha value is -4.35. The summed E-state index contributed by atoms with van der Waals surface area (Å²) in [6.07, 6.45) is -0.123. The molecule has 0 saturated heterocycles. The van der Waals surface area contributed by atoms with Gasteiger partial charge in [-0.1, -0.05) is 78.3 Å². The number of H-pyrrole nitrogens is 1. The number of nitrogens with one attached hydrogen (secondary N) is 1. The molecule has 1 heterocycles. The van der Waals surface area contributed by atoms with Crippen LogP contribution in [-0.2, 0) is 11.2 Å². The van der Waals surface area contributed by atoms with E-state index < -0.39 is 5.97 Å². The van der Waals surface area contributed by atoms with Crippen LogP contribution in [0.2, 0.25) is 5.02 Å². The summed E-state index contributed by atoms with van der Waals surface area (Å²) in [6, 6.07) is 27.3. The van der Waals surface area contributed by atoms with Gasteiger partial charge in [0, 0.05) is 22.2 Å². The minimum Gasteiger partial charge on any atom is -0.507 e. The van der Waals surface area contributed by atoms with Crippen molar-refractivity contribution < 1.29 is 15.0 Å². The van der Waals surface area contributed by atoms with Crippen LogP contribution in [0.5, 0.6) is 5.75 Å². The van der Waals surface area contributed by atoms with Crippen molar-refractivity contribution in [1.29, 1.82) is 0 Å². The maximum absolute atomic E-state index is 12.8. The van der Waals surface area contributed by atoms with Gasteiger partial charge >= 0.3 is 5.97 Å². The lowest BCUT2D eigenvalue weighted by Gasteiger charge is -2.11. The molecule has 0 atom stereocenters. The summed E-state index contributed by atoms with van der Waals surface area (Å²) < 4.78 is 0. The number of hydrogen-bond acceptors (Lipinski definition) is 3. The van der Waals surface area contributed by atoms with Crippen molar-refractivity contribution in [2.75, 3.05) is 0 Å². The summed E-state index contributed by atoms with van der Waals surface area (Å²) in [7, 11) is 0. The van der Waals surface area contributed by atoms with E-state index in [2.05, 4.69) is 4.98 Å². The van der Waals surface area contributed by atoms with Crippen molar-refractivity contribution >= 4 is 28.5 Å². The van der Waals surface area contributed by atoms with Crippen LogP contribution in [0.15, 0.2) is 95.8 Å². The Kier molecular flexibility index (Phi) is 5.85. The number of phenolic OH excluding ortho intramolecular Hbond substituents is 1. The van der Waals surface area contributed by atoms with Crippen LogP contribution in [0.3, 0.4) is 0 Å². The largest absolute Gasteiger partial charge is 0.507 e. The first kappa shape index (κ1) is 22.4. The number of aromatic nitrogens is 1. The highest BCUT2D eigenvalue weighted by molar-refractivity contribution is 6.34. The first-order valence-corrected chi connectivity index (χ1v) is 11.3. The average Bonchev–Trinajstić information content (AvgIpc) is 2.83. The number of phenols is 1. The molecule has 0 unspecified atom stereocenters. The third kappa shape index (κ3) is 4.54. The molecule has 0 aliphatic heterocycles. The number of aromatic hydroxyl groups is 1. The van der Waals surface area contributed by atoms with Crippen LogP contribution >= 0.6 is 11.6 Å². The van der Waals surface area contributed by atoms with E-state index in [1.54, 1.807) is 42.5 Å². The highest BCUT2D eigenvalue weighted by Crippen LogP contribution is 2.37. The van der Waals surface area contributed by atoms with E-state index in [0.717, 1.165) is 22.1 Å². The fourth-order valence-corrected chi connectivity index (χ4v) is 4.52. The number of pyridine rings is 1. The number of benzene rings is 4. The van der Waals surface area contributed by atoms with E-state index in [4.69, 9.17) is 16.7 Å². The number of carboxylic acids is 1. The molecular weight excluding hydrogens is 462 g/mol. The Morgan fingerprint density at radius 1 is 0.771 bits per heavy atom. The zero-order valence-corrected chi connectivity index (χ0v) is 19.2. The molecular formula is C29H20ClNO4. The number of aromatic amines is 1. The maximum Gasteiger partial charge on any atom is 0.307 e. The van der Waals surface area contributed by atoms with Gasteiger partial charge < -0.3 is 15.2 Å². The van der Waals surface area contributed by atoms with Crippen LogP contribution in [0.1, 0.15) is 5.56 Å². The molecule has 0 radical (unpaired) electrons. The summed E-state index contributed by atoms with van der Waals surface area (Å²) in [5, 5.41) is 21.0. The Balaban J connectivity index is 1.59. The molecule has 0 amide bonds. The standard InChI is InChI=1S/C29H20ClNO4/c30-25-16-26-21(14-24(29(35)31-26)19-8-4-5-17(11-19)12-28(33)34)13-23(25)20-9-10-22(27(32)15-20)18-6-2-1-3-7-18/h1-11,13-16,32H,12H2,(H,31,35)(H,33,34). The molecule has 0 bridgehead atoms. The Labute approximate surface area is 205 Å². The molecule has 3 N–H and O–H groups in total. The van der Waals surface area contributed by atoms with E-state index in [1.807, 2.05) is 48.5 Å². The lowest BCUT2D eigenvalue weighted by Crippen LogP contribution is -2.09. The Morgan fingerprint density at radius 2 is 1.49 bits per heavy atom. The molecule has 172 valence electrons. The average molecular weight is 482 g/mol. The van der Waals surface area contributed by atoms with Crippen molar-refractivity contribution in [2.24, 2.45) is 0 Å². The second-order valence-corrected chi connectivity index (χ2v) is 8.71. The zero-order chi connectivity index (χ0) is 24.5. The van der Waals surface area contributed by atoms with Gasteiger partial charge in [0.2, 0.25) is 0 Å². The van der Waals surface area contributed by atoms with Gasteiger partial charge in [0.15, 0.2) is 0 Å². The number of rotatable bonds is 5. The quantitative estimate of drug-likeness (QED) is 0.266. The third-order valence-electron chi connectivity index (χ3n) is 5.92. The van der Waals surface area contributed by atoms with E-state index in [-0.39, 0.29) is 17.7 Å². The summed E-state index contributed by atoms with van der Waals surface area (Å²) in [5.41, 5.74) is 5.05. The van der Waals surface area contributed by atoms with E-state index in [0.29, 0.717) is 32.8 Å². The van der Waals surface area contributed by atoms with Crippen LogP contribution in [-0.4, -0.2) is 21.2 Å². The predicted molar refractivity (Wildman–Crippen MR) is 139 cm³/mol. The molecule has 0 aliphatic carbocycles. The number of carbonyl (C=O) groups is 1. The van der Waals surface area contributed by atoms with Crippen LogP contribution < -0.4 is 5.56 Å². The van der Waals surface area contributed by atoms with Gasteiger partial charge in [-0.3, -0.25) is 9.59 Å². The smallest absolute Gasteiger partial charge is 0.307 e. The van der Waals surface area contributed by atoms with Gasteiger partial charge in [-0.2, -0.15) is 0 Å². The molecule has 5 nitrogen and oxygen atoms in total. The second kappa shape index (κ2) is 9.12. The molecule has 6 heteroatoms. The summed E-state index contributed by atoms with van der Waals surface area (Å²) in [5.74, 6) is -0.794. The van der Waals surface area contributed by atoms with Gasteiger partial charge in [0.25, 0.3) is 5.56 Å². The van der Waals surface area contributed by atoms with Gasteiger partial charge in [-0.15, -0.1) is 0 Å². The van der Waals surface area contributed by atoms with Crippen molar-refractivity contribution in [3.63, 3.8) is 0 Å². The van der Waals surface area contributed by atoms with Crippen LogP contribution in [0.4, 0.5) is 0 Å². The first-order chi connectivity index (χ1) is 16.9. The first-order valence-electron chi connectivity index (χ1n) is 11.0. The minimum absolute atomic E-state index is 0.123. The maximum atomic E-state index is 12.8. The van der Waals surface area contributed by atoms with Crippen molar-refractivity contribution in [3.8, 4) is 39.1 Å². The highest BCUT2D eigenvalue weighted by atomic mass is 35.5. The number of aliphatic carboxylic acids is 1. The molecule has 1 aromatic heterocycles. The monoisotopic (exact) mass is 481 g/mol. The third-order valence-corrected chi connectivity index (χ3v) is 6.23. The van der Waals surface area contributed by atoms with E-state index >= 15 is 0 Å². The minimum atomic E-state index is -0.935. The topological polar surface area (TPSA) is 90.4 Å². The van der Waals surface area contributed by atoms with Gasteiger partial charge in [0.05, 0.1) is 11.4 Å². The molecule has 0 fully saturated rings. The van der Waals surface area contributed by atoms with Crippen molar-refractivity contribution in [1.82, 2.24) is 4.98 Å². The second-order valence-electron chi connectivity index (χ2n) is 8.30. The van der Waals surface area contributed by atoms with Crippen LogP contribution in [0.25, 0.3) is 44.3 Å². The van der Waals surface area contributed by atoms with Crippen molar-refractivity contribution in [3.05, 3.63) is 112 Å². The van der Waals surface area contributed by atoms with Gasteiger partial charge in [0.1, 0.15) is 5.75 Å². The molecule has 35 heavy (non-hydrogen) atoms. The lowest BCUT2D eigenvalue weighted by molar-refractivity contribution is -0.136. The molecule has 0 saturated carbocycles. The zero-order valence-electron chi connectivity index (χ0n) is 18.5. The molecule has 5 rings (SSSR count). The Morgan fingerprint density at radius 3 is 2.23 bits per heavy atom. The SMILES string of the molecule is O=C(O)Cc1cccc(-c2cc3cc(-c4ccc(-c5ccccc5)c(O)c4)c(Cl)cc3[nH]c2=O)c1. The summed E-state index contributed by atoms with van der Waals surface area (Å²) in [6.45, 7) is 0. The Bertz CT molecular complexity index is 1640. The fourth-order valence-electron chi connectivity index (χ4n) is 4.25. The molecule has 0 spiro atoms. The fraction of sp³-hybridized carbons (Fsp3) is 0.0345. The molecule has 0 aliphatic rings. The summed E-state index contributed by atoms with van der Waals surface area (Å²) >= 11 is 6.57. The summed E-state index contributed by atoms with van der Waals surface area (Å²) in [4.78, 5) is 26.8. The highest BCUT2D eigenvalue weighted by Gasteiger charge is 2.13. The van der Waals surface area contributed by atoms with Crippen molar-refractivity contribution in [2.45, 2.75) is 6.42 Å². The predicted octanol–water partition coefficient (Wildman–Crippen LogP) is 6.52. The number of carboxylic acid groups (broad SMARTS) is 1. The normalized spacial score (nSPS) is 11.0. The van der Waals surface area contributed by atoms with Gasteiger partial charge in [-0.25, -0.2) is 0 Å². The van der Waals surface area contributed by atoms with E-state index in [9.17, 15) is 14.7 Å². The lowest BCUT2D eigenvalue weighted by atomic mass is 9.97.